The molecule has 9 nitrogen and oxygen atoms in total. The number of aromatic amines is 1. The van der Waals surface area contributed by atoms with E-state index in [0.29, 0.717) is 29.3 Å². The molecule has 0 unspecified atom stereocenters. The lowest BCUT2D eigenvalue weighted by Crippen LogP contribution is -2.51. The van der Waals surface area contributed by atoms with E-state index in [0.717, 1.165) is 37.2 Å². The van der Waals surface area contributed by atoms with E-state index in [-0.39, 0.29) is 23.1 Å². The summed E-state index contributed by atoms with van der Waals surface area (Å²) in [6.45, 7) is 6.24. The number of nitrogens with one attached hydrogen (secondary N) is 1. The van der Waals surface area contributed by atoms with Gasteiger partial charge in [0.15, 0.2) is 5.65 Å². The molecule has 0 radical (unpaired) electrons. The number of hydrogen-bond donors (Lipinski definition) is 2. The van der Waals surface area contributed by atoms with E-state index >= 15 is 0 Å². The molecule has 2 atom stereocenters. The molecule has 0 amide bonds. The summed E-state index contributed by atoms with van der Waals surface area (Å²) in [4.78, 5) is 24.5. The molecule has 3 aromatic heterocycles. The smallest absolute Gasteiger partial charge is 0.266 e. The fourth-order valence-corrected chi connectivity index (χ4v) is 4.89. The maximum atomic E-state index is 13.3. The van der Waals surface area contributed by atoms with Crippen LogP contribution in [0.15, 0.2) is 23.1 Å². The Labute approximate surface area is 174 Å². The van der Waals surface area contributed by atoms with E-state index in [1.807, 2.05) is 26.0 Å². The Kier molecular flexibility index (Phi) is 4.41. The van der Waals surface area contributed by atoms with E-state index < -0.39 is 0 Å². The Morgan fingerprint density at radius 3 is 2.77 bits per heavy atom. The summed E-state index contributed by atoms with van der Waals surface area (Å²) < 4.78 is 7.45. The van der Waals surface area contributed by atoms with Crippen molar-refractivity contribution in [1.29, 1.82) is 0 Å². The number of hydrogen-bond acceptors (Lipinski definition) is 7. The highest BCUT2D eigenvalue weighted by Crippen LogP contribution is 2.41. The van der Waals surface area contributed by atoms with Crippen LogP contribution in [-0.2, 0) is 11.8 Å². The summed E-state index contributed by atoms with van der Waals surface area (Å²) in [7, 11) is 1.77. The molecule has 5 rings (SSSR count). The zero-order chi connectivity index (χ0) is 21.0. The minimum atomic E-state index is -0.114. The average Bonchev–Trinajstić information content (AvgIpc) is 3.29. The predicted octanol–water partition coefficient (Wildman–Crippen LogP) is 1.36. The summed E-state index contributed by atoms with van der Waals surface area (Å²) in [5, 5.41) is 7.84. The highest BCUT2D eigenvalue weighted by molar-refractivity contribution is 5.91. The number of fused-ring (bicyclic) bond motifs is 1. The van der Waals surface area contributed by atoms with Gasteiger partial charge in [-0.05, 0) is 38.8 Å². The van der Waals surface area contributed by atoms with Crippen LogP contribution in [0.4, 0.5) is 5.95 Å². The van der Waals surface area contributed by atoms with Crippen molar-refractivity contribution in [3.05, 3.63) is 34.4 Å². The third kappa shape index (κ3) is 2.76. The van der Waals surface area contributed by atoms with Gasteiger partial charge < -0.3 is 15.4 Å². The van der Waals surface area contributed by atoms with Crippen LogP contribution in [-0.4, -0.2) is 56.6 Å². The fraction of sp³-hybridized carbons (Fsp3) is 0.524. The summed E-state index contributed by atoms with van der Waals surface area (Å²) >= 11 is 0. The normalized spacial score (nSPS) is 23.5. The molecule has 2 fully saturated rings. The number of ether oxygens (including phenoxy) is 1. The zero-order valence-corrected chi connectivity index (χ0v) is 17.6. The Balaban J connectivity index is 1.50. The molecular weight excluding hydrogens is 382 g/mol. The molecule has 3 aromatic rings. The van der Waals surface area contributed by atoms with Crippen LogP contribution in [0.3, 0.4) is 0 Å². The van der Waals surface area contributed by atoms with Gasteiger partial charge in [0, 0.05) is 49.0 Å². The summed E-state index contributed by atoms with van der Waals surface area (Å²) in [5.41, 5.74) is 9.10. The Morgan fingerprint density at radius 2 is 2.10 bits per heavy atom. The molecule has 2 aliphatic heterocycles. The van der Waals surface area contributed by atoms with E-state index in [4.69, 9.17) is 15.5 Å². The maximum Gasteiger partial charge on any atom is 0.266 e. The van der Waals surface area contributed by atoms with Crippen LogP contribution in [0, 0.1) is 12.3 Å². The second kappa shape index (κ2) is 6.88. The van der Waals surface area contributed by atoms with Gasteiger partial charge in [0.25, 0.3) is 5.56 Å². The number of rotatable bonds is 2. The van der Waals surface area contributed by atoms with Gasteiger partial charge >= 0.3 is 0 Å². The fourth-order valence-electron chi connectivity index (χ4n) is 4.89. The van der Waals surface area contributed by atoms with Crippen LogP contribution in [0.5, 0.6) is 0 Å². The van der Waals surface area contributed by atoms with E-state index in [9.17, 15) is 4.79 Å². The van der Waals surface area contributed by atoms with Gasteiger partial charge in [0.1, 0.15) is 11.1 Å². The monoisotopic (exact) mass is 409 g/mol. The van der Waals surface area contributed by atoms with Gasteiger partial charge in [0.2, 0.25) is 5.95 Å². The van der Waals surface area contributed by atoms with Gasteiger partial charge in [-0.25, -0.2) is 0 Å². The van der Waals surface area contributed by atoms with Gasteiger partial charge in [-0.15, -0.1) is 0 Å². The molecule has 0 aliphatic carbocycles. The summed E-state index contributed by atoms with van der Waals surface area (Å²) in [6.07, 6.45) is 3.67. The molecule has 2 saturated heterocycles. The Morgan fingerprint density at radius 1 is 1.33 bits per heavy atom. The molecule has 5 heterocycles. The molecule has 0 bridgehead atoms. The van der Waals surface area contributed by atoms with Crippen LogP contribution < -0.4 is 16.2 Å². The lowest BCUT2D eigenvalue weighted by molar-refractivity contribution is 0.0973. The first-order chi connectivity index (χ1) is 14.4. The van der Waals surface area contributed by atoms with E-state index in [2.05, 4.69) is 20.1 Å². The summed E-state index contributed by atoms with van der Waals surface area (Å²) in [5.74, 6) is 0.654. The first-order valence-corrected chi connectivity index (χ1v) is 10.4. The van der Waals surface area contributed by atoms with Crippen LogP contribution in [0.1, 0.15) is 25.5 Å². The van der Waals surface area contributed by atoms with Crippen molar-refractivity contribution in [2.24, 2.45) is 18.2 Å². The second-order valence-corrected chi connectivity index (χ2v) is 8.60. The molecule has 0 aromatic carbocycles. The van der Waals surface area contributed by atoms with Gasteiger partial charge in [0.05, 0.1) is 12.7 Å². The van der Waals surface area contributed by atoms with Crippen LogP contribution >= 0.6 is 0 Å². The maximum absolute atomic E-state index is 13.3. The van der Waals surface area contributed by atoms with Crippen molar-refractivity contribution in [2.75, 3.05) is 24.6 Å². The van der Waals surface area contributed by atoms with E-state index in [1.165, 1.54) is 0 Å². The van der Waals surface area contributed by atoms with Gasteiger partial charge in [-0.2, -0.15) is 10.1 Å². The van der Waals surface area contributed by atoms with Crippen LogP contribution in [0.25, 0.3) is 22.3 Å². The number of nitrogens with zero attached hydrogens (tertiary/aromatic N) is 5. The van der Waals surface area contributed by atoms with Crippen molar-refractivity contribution in [3.8, 4) is 11.3 Å². The molecule has 158 valence electrons. The molecule has 2 aliphatic rings. The van der Waals surface area contributed by atoms with Crippen LogP contribution in [0.2, 0.25) is 0 Å². The third-order valence-electron chi connectivity index (χ3n) is 6.93. The lowest BCUT2D eigenvalue weighted by Gasteiger charge is -2.41. The number of H-pyrrole nitrogens is 1. The number of piperidine rings is 1. The third-order valence-corrected chi connectivity index (χ3v) is 6.93. The number of nitrogens with two attached hydrogens (primary N) is 1. The van der Waals surface area contributed by atoms with Crippen molar-refractivity contribution >= 4 is 17.0 Å². The molecule has 3 N–H and O–H groups in total. The number of anilines is 1. The first kappa shape index (κ1) is 19.2. The predicted molar refractivity (Wildman–Crippen MR) is 114 cm³/mol. The average molecular weight is 409 g/mol. The van der Waals surface area contributed by atoms with Crippen molar-refractivity contribution in [1.82, 2.24) is 24.7 Å². The number of aromatic nitrogens is 5. The lowest BCUT2D eigenvalue weighted by atomic mass is 9.73. The quantitative estimate of drug-likeness (QED) is 0.657. The minimum absolute atomic E-state index is 0.0257. The van der Waals surface area contributed by atoms with Gasteiger partial charge in [-0.1, -0.05) is 0 Å². The van der Waals surface area contributed by atoms with E-state index in [1.54, 1.807) is 17.8 Å². The van der Waals surface area contributed by atoms with Gasteiger partial charge in [-0.3, -0.25) is 19.4 Å². The SMILES string of the molecule is Cc1ncccc1-c1n[nH]c2nc(N3CCC4(CC3)CO[C@@H](C)[C@H]4N)n(C)c(=O)c12. The minimum Gasteiger partial charge on any atom is -0.376 e. The molecule has 9 heteroatoms. The molecular formula is C21H27N7O2. The second-order valence-electron chi connectivity index (χ2n) is 8.60. The standard InChI is InChI=1S/C21H27N7O2/c1-12-14(5-4-8-23-12)16-15-18(26-25-16)24-20(27(3)19(15)29)28-9-6-21(7-10-28)11-30-13(2)17(21)22/h4-5,8,13,17H,6-7,9-11,22H2,1-3H3,(H,25,26)/t13-,17+/m0/s1. The number of aryl methyl sites for hydroxylation is 1. The molecule has 1 spiro atoms. The highest BCUT2D eigenvalue weighted by Gasteiger charge is 2.47. The largest absolute Gasteiger partial charge is 0.376 e. The van der Waals surface area contributed by atoms with Crippen molar-refractivity contribution < 1.29 is 4.74 Å². The highest BCUT2D eigenvalue weighted by atomic mass is 16.5. The molecule has 30 heavy (non-hydrogen) atoms. The molecule has 0 saturated carbocycles. The first-order valence-electron chi connectivity index (χ1n) is 10.4. The van der Waals surface area contributed by atoms with Crippen molar-refractivity contribution in [2.45, 2.75) is 38.8 Å². The topological polar surface area (TPSA) is 115 Å². The Bertz CT molecular complexity index is 1160. The summed E-state index contributed by atoms with van der Waals surface area (Å²) in [6, 6.07) is 3.82. The zero-order valence-electron chi connectivity index (χ0n) is 17.6. The Hall–Kier alpha value is -2.78. The van der Waals surface area contributed by atoms with Crippen molar-refractivity contribution in [3.63, 3.8) is 0 Å². The number of pyridine rings is 1.